The topological polar surface area (TPSA) is 57.6 Å². The van der Waals surface area contributed by atoms with Gasteiger partial charge in [-0.15, -0.1) is 0 Å². The van der Waals surface area contributed by atoms with Crippen LogP contribution in [0.4, 0.5) is 5.69 Å². The summed E-state index contributed by atoms with van der Waals surface area (Å²) in [5.74, 6) is -0.241. The summed E-state index contributed by atoms with van der Waals surface area (Å²) in [6.45, 7) is 3.73. The van der Waals surface area contributed by atoms with Crippen molar-refractivity contribution in [3.63, 3.8) is 0 Å². The molecule has 90 valence electrons. The lowest BCUT2D eigenvalue weighted by Crippen LogP contribution is -2.33. The molecule has 1 aromatic carbocycles. The van der Waals surface area contributed by atoms with Crippen LogP contribution in [0.2, 0.25) is 0 Å². The van der Waals surface area contributed by atoms with Crippen molar-refractivity contribution in [2.75, 3.05) is 23.2 Å². The Hall–Kier alpha value is -1.07. The predicted octanol–water partition coefficient (Wildman–Crippen LogP) is 1.14. The maximum Gasteiger partial charge on any atom is 0.237 e. The van der Waals surface area contributed by atoms with Gasteiger partial charge in [0.2, 0.25) is 10.0 Å². The molecule has 0 radical (unpaired) electrons. The van der Waals surface area contributed by atoms with Crippen LogP contribution in [0.5, 0.6) is 0 Å². The summed E-state index contributed by atoms with van der Waals surface area (Å²) in [4.78, 5) is 0. The largest absolute Gasteiger partial charge is 0.395 e. The minimum absolute atomic E-state index is 0.241. The highest BCUT2D eigenvalue weighted by molar-refractivity contribution is 7.92. The Kier molecular flexibility index (Phi) is 4.32. The highest BCUT2D eigenvalue weighted by atomic mass is 32.2. The summed E-state index contributed by atoms with van der Waals surface area (Å²) in [5.41, 5.74) is 1.72. The van der Waals surface area contributed by atoms with Crippen LogP contribution in [0.3, 0.4) is 0 Å². The van der Waals surface area contributed by atoms with Gasteiger partial charge in [-0.3, -0.25) is 4.31 Å². The first-order valence-corrected chi connectivity index (χ1v) is 6.80. The molecular weight excluding hydrogens is 226 g/mol. The van der Waals surface area contributed by atoms with Crippen LogP contribution in [0.15, 0.2) is 24.3 Å². The van der Waals surface area contributed by atoms with Crippen molar-refractivity contribution in [3.05, 3.63) is 29.8 Å². The van der Waals surface area contributed by atoms with Crippen molar-refractivity contribution in [2.24, 2.45) is 0 Å². The normalized spacial score (nSPS) is 11.4. The van der Waals surface area contributed by atoms with Crippen LogP contribution in [-0.4, -0.2) is 32.4 Å². The Labute approximate surface area is 96.6 Å². The standard InChI is InChI=1S/C11H17NO3S/c1-3-12(16(14,15)9-8-13)11-6-4-10(2)5-7-11/h4-7,13H,3,8-9H2,1-2H3. The SMILES string of the molecule is CCN(c1ccc(C)cc1)S(=O)(=O)CCO. The molecule has 16 heavy (non-hydrogen) atoms. The molecule has 0 aliphatic heterocycles. The van der Waals surface area contributed by atoms with Crippen LogP contribution in [0.25, 0.3) is 0 Å². The van der Waals surface area contributed by atoms with Gasteiger partial charge in [0.1, 0.15) is 0 Å². The van der Waals surface area contributed by atoms with Gasteiger partial charge in [-0.25, -0.2) is 8.42 Å². The Bertz CT molecular complexity index is 425. The minimum atomic E-state index is -3.41. The zero-order valence-corrected chi connectivity index (χ0v) is 10.4. The van der Waals surface area contributed by atoms with Crippen molar-refractivity contribution in [1.29, 1.82) is 0 Å². The third-order valence-corrected chi connectivity index (χ3v) is 4.13. The molecule has 0 heterocycles. The van der Waals surface area contributed by atoms with Gasteiger partial charge < -0.3 is 5.11 Å². The van der Waals surface area contributed by atoms with Gasteiger partial charge in [-0.05, 0) is 26.0 Å². The first-order chi connectivity index (χ1) is 7.51. The zero-order valence-electron chi connectivity index (χ0n) is 9.55. The number of hydrogen-bond acceptors (Lipinski definition) is 3. The van der Waals surface area contributed by atoms with E-state index in [-0.39, 0.29) is 12.4 Å². The lowest BCUT2D eigenvalue weighted by molar-refractivity contribution is 0.319. The molecule has 0 aliphatic rings. The van der Waals surface area contributed by atoms with Crippen molar-refractivity contribution in [2.45, 2.75) is 13.8 Å². The van der Waals surface area contributed by atoms with E-state index < -0.39 is 10.0 Å². The Morgan fingerprint density at radius 3 is 2.25 bits per heavy atom. The molecule has 0 amide bonds. The lowest BCUT2D eigenvalue weighted by atomic mass is 10.2. The van der Waals surface area contributed by atoms with Crippen molar-refractivity contribution < 1.29 is 13.5 Å². The number of aliphatic hydroxyl groups excluding tert-OH is 1. The zero-order chi connectivity index (χ0) is 12.2. The summed E-state index contributed by atoms with van der Waals surface area (Å²) in [6, 6.07) is 7.28. The van der Waals surface area contributed by atoms with E-state index in [0.29, 0.717) is 12.2 Å². The highest BCUT2D eigenvalue weighted by Crippen LogP contribution is 2.18. The number of benzene rings is 1. The molecule has 0 saturated carbocycles. The van der Waals surface area contributed by atoms with Gasteiger partial charge in [-0.2, -0.15) is 0 Å². The molecular formula is C11H17NO3S. The van der Waals surface area contributed by atoms with Crippen LogP contribution in [0, 0.1) is 6.92 Å². The van der Waals surface area contributed by atoms with E-state index in [4.69, 9.17) is 5.11 Å². The summed E-state index contributed by atoms with van der Waals surface area (Å²) < 4.78 is 24.9. The number of sulfonamides is 1. The summed E-state index contributed by atoms with van der Waals surface area (Å²) in [5, 5.41) is 8.73. The molecule has 0 atom stereocenters. The quantitative estimate of drug-likeness (QED) is 0.843. The molecule has 1 rings (SSSR count). The molecule has 0 aliphatic carbocycles. The van der Waals surface area contributed by atoms with Gasteiger partial charge in [0.25, 0.3) is 0 Å². The van der Waals surface area contributed by atoms with Gasteiger partial charge in [0.15, 0.2) is 0 Å². The third-order valence-electron chi connectivity index (χ3n) is 2.29. The van der Waals surface area contributed by atoms with Crippen molar-refractivity contribution >= 4 is 15.7 Å². The van der Waals surface area contributed by atoms with E-state index in [9.17, 15) is 8.42 Å². The number of anilines is 1. The van der Waals surface area contributed by atoms with Crippen molar-refractivity contribution in [1.82, 2.24) is 0 Å². The van der Waals surface area contributed by atoms with Gasteiger partial charge in [0, 0.05) is 6.54 Å². The predicted molar refractivity (Wildman–Crippen MR) is 65.1 cm³/mol. The van der Waals surface area contributed by atoms with Gasteiger partial charge >= 0.3 is 0 Å². The van der Waals surface area contributed by atoms with Crippen LogP contribution >= 0.6 is 0 Å². The van der Waals surface area contributed by atoms with Gasteiger partial charge in [-0.1, -0.05) is 17.7 Å². The number of aryl methyl sites for hydroxylation is 1. The maximum absolute atomic E-state index is 11.8. The molecule has 0 spiro atoms. The van der Waals surface area contributed by atoms with E-state index in [0.717, 1.165) is 5.56 Å². The Balaban J connectivity index is 3.03. The molecule has 0 fully saturated rings. The van der Waals surface area contributed by atoms with Crippen LogP contribution in [-0.2, 0) is 10.0 Å². The van der Waals surface area contributed by atoms with E-state index >= 15 is 0 Å². The molecule has 5 heteroatoms. The number of nitrogens with zero attached hydrogens (tertiary/aromatic N) is 1. The average Bonchev–Trinajstić information content (AvgIpc) is 2.21. The summed E-state index contributed by atoms with van der Waals surface area (Å²) in [7, 11) is -3.41. The molecule has 1 N–H and O–H groups in total. The Morgan fingerprint density at radius 2 is 1.81 bits per heavy atom. The smallest absolute Gasteiger partial charge is 0.237 e. The van der Waals surface area contributed by atoms with Crippen LogP contribution in [0.1, 0.15) is 12.5 Å². The summed E-state index contributed by atoms with van der Waals surface area (Å²) >= 11 is 0. The lowest BCUT2D eigenvalue weighted by Gasteiger charge is -2.22. The Morgan fingerprint density at radius 1 is 1.25 bits per heavy atom. The van der Waals surface area contributed by atoms with E-state index in [1.807, 2.05) is 19.1 Å². The fourth-order valence-corrected chi connectivity index (χ4v) is 2.76. The monoisotopic (exact) mass is 243 g/mol. The number of rotatable bonds is 5. The molecule has 4 nitrogen and oxygen atoms in total. The molecule has 1 aromatic rings. The second-order valence-corrected chi connectivity index (χ2v) is 5.55. The molecule has 0 bridgehead atoms. The van der Waals surface area contributed by atoms with E-state index in [1.54, 1.807) is 19.1 Å². The highest BCUT2D eigenvalue weighted by Gasteiger charge is 2.19. The van der Waals surface area contributed by atoms with Gasteiger partial charge in [0.05, 0.1) is 18.0 Å². The fourth-order valence-electron chi connectivity index (χ4n) is 1.48. The second-order valence-electron chi connectivity index (χ2n) is 3.54. The molecule has 0 saturated heterocycles. The summed E-state index contributed by atoms with van der Waals surface area (Å²) in [6.07, 6.45) is 0. The second kappa shape index (κ2) is 5.32. The van der Waals surface area contributed by atoms with Crippen LogP contribution < -0.4 is 4.31 Å². The number of aliphatic hydroxyl groups is 1. The van der Waals surface area contributed by atoms with E-state index in [2.05, 4.69) is 0 Å². The first-order valence-electron chi connectivity index (χ1n) is 5.19. The average molecular weight is 243 g/mol. The maximum atomic E-state index is 11.8. The third kappa shape index (κ3) is 2.96. The number of hydrogen-bond donors (Lipinski definition) is 1. The van der Waals surface area contributed by atoms with E-state index in [1.165, 1.54) is 4.31 Å². The minimum Gasteiger partial charge on any atom is -0.395 e. The first kappa shape index (κ1) is 13.0. The molecule has 0 unspecified atom stereocenters. The fraction of sp³-hybridized carbons (Fsp3) is 0.455. The van der Waals surface area contributed by atoms with Crippen molar-refractivity contribution in [3.8, 4) is 0 Å². The molecule has 0 aromatic heterocycles.